The van der Waals surface area contributed by atoms with Crippen molar-refractivity contribution in [2.75, 3.05) is 11.5 Å². The van der Waals surface area contributed by atoms with Crippen LogP contribution in [0.15, 0.2) is 71.6 Å². The minimum atomic E-state index is -3.80. The van der Waals surface area contributed by atoms with E-state index in [1.54, 1.807) is 18.2 Å². The van der Waals surface area contributed by atoms with Crippen molar-refractivity contribution < 1.29 is 31.8 Å². The summed E-state index contributed by atoms with van der Waals surface area (Å²) in [4.78, 5) is 12.6. The molecule has 3 aromatic carbocycles. The maximum Gasteiger partial charge on any atom is 0.338 e. The van der Waals surface area contributed by atoms with E-state index in [0.29, 0.717) is 16.9 Å². The summed E-state index contributed by atoms with van der Waals surface area (Å²) < 4.78 is 57.1. The average molecular weight is 443 g/mol. The second kappa shape index (κ2) is 8.75. The molecule has 0 unspecified atom stereocenters. The highest BCUT2D eigenvalue weighted by molar-refractivity contribution is 7.92. The van der Waals surface area contributed by atoms with Crippen molar-refractivity contribution in [3.8, 4) is 5.75 Å². The number of ether oxygens (including phenoxy) is 3. The number of rotatable bonds is 6. The Kier molecular flexibility index (Phi) is 5.88. The second-order valence-corrected chi connectivity index (χ2v) is 8.42. The van der Waals surface area contributed by atoms with Crippen molar-refractivity contribution in [3.05, 3.63) is 89.2 Å². The molecule has 31 heavy (non-hydrogen) atoms. The molecule has 0 saturated heterocycles. The number of anilines is 1. The van der Waals surface area contributed by atoms with Gasteiger partial charge < -0.3 is 14.2 Å². The van der Waals surface area contributed by atoms with Crippen molar-refractivity contribution >= 4 is 21.7 Å². The maximum absolute atomic E-state index is 13.8. The first-order valence-corrected chi connectivity index (χ1v) is 10.8. The fraction of sp³-hybridized carbons (Fsp3) is 0.136. The molecule has 0 amide bonds. The standard InChI is InChI=1S/C22H18FNO6S/c23-18-9-16-12-28-14-30-21(16)17(10-18)13-29-22(25)15-5-4-6-19(11-15)24-31(26,27)20-7-2-1-3-8-20/h1-11,24H,12-14H2. The Morgan fingerprint density at radius 3 is 2.68 bits per heavy atom. The Morgan fingerprint density at radius 2 is 1.87 bits per heavy atom. The predicted molar refractivity (Wildman–Crippen MR) is 109 cm³/mol. The van der Waals surface area contributed by atoms with E-state index in [1.165, 1.54) is 48.5 Å². The first kappa shape index (κ1) is 20.8. The van der Waals surface area contributed by atoms with Crippen molar-refractivity contribution in [1.29, 1.82) is 0 Å². The number of carbonyl (C=O) groups excluding carboxylic acids is 1. The lowest BCUT2D eigenvalue weighted by molar-refractivity contribution is -0.0182. The Balaban J connectivity index is 1.48. The van der Waals surface area contributed by atoms with Crippen LogP contribution in [-0.4, -0.2) is 21.2 Å². The third-order valence-corrected chi connectivity index (χ3v) is 5.91. The molecule has 7 nitrogen and oxygen atoms in total. The Morgan fingerprint density at radius 1 is 1.06 bits per heavy atom. The Labute approximate surface area is 178 Å². The summed E-state index contributed by atoms with van der Waals surface area (Å²) in [6, 6.07) is 16.3. The highest BCUT2D eigenvalue weighted by Gasteiger charge is 2.19. The number of fused-ring (bicyclic) bond motifs is 1. The van der Waals surface area contributed by atoms with Gasteiger partial charge in [-0.1, -0.05) is 24.3 Å². The minimum Gasteiger partial charge on any atom is -0.467 e. The van der Waals surface area contributed by atoms with Gasteiger partial charge in [-0.05, 0) is 42.5 Å². The van der Waals surface area contributed by atoms with Crippen LogP contribution in [0.5, 0.6) is 5.75 Å². The molecule has 0 aromatic heterocycles. The zero-order valence-corrected chi connectivity index (χ0v) is 17.0. The topological polar surface area (TPSA) is 90.9 Å². The first-order chi connectivity index (χ1) is 14.9. The largest absolute Gasteiger partial charge is 0.467 e. The van der Waals surface area contributed by atoms with Crippen LogP contribution in [0.1, 0.15) is 21.5 Å². The number of nitrogens with one attached hydrogen (secondary N) is 1. The van der Waals surface area contributed by atoms with Crippen LogP contribution in [0.3, 0.4) is 0 Å². The van der Waals surface area contributed by atoms with Gasteiger partial charge in [0.2, 0.25) is 0 Å². The molecule has 0 atom stereocenters. The van der Waals surface area contributed by atoms with Crippen LogP contribution >= 0.6 is 0 Å². The number of benzene rings is 3. The Bertz CT molecular complexity index is 1210. The van der Waals surface area contributed by atoms with Gasteiger partial charge in [-0.2, -0.15) is 0 Å². The number of halogens is 1. The second-order valence-electron chi connectivity index (χ2n) is 6.74. The lowest BCUT2D eigenvalue weighted by Crippen LogP contribution is -2.15. The molecule has 0 aliphatic carbocycles. The highest BCUT2D eigenvalue weighted by Crippen LogP contribution is 2.30. The number of sulfonamides is 1. The van der Waals surface area contributed by atoms with Crippen LogP contribution in [0.4, 0.5) is 10.1 Å². The molecular weight excluding hydrogens is 425 g/mol. The van der Waals surface area contributed by atoms with Crippen molar-refractivity contribution in [1.82, 2.24) is 0 Å². The lowest BCUT2D eigenvalue weighted by Gasteiger charge is -2.20. The van der Waals surface area contributed by atoms with Gasteiger partial charge in [0.05, 0.1) is 17.1 Å². The molecule has 4 rings (SSSR count). The summed E-state index contributed by atoms with van der Waals surface area (Å²) in [5.74, 6) is -0.744. The highest BCUT2D eigenvalue weighted by atomic mass is 32.2. The SMILES string of the molecule is O=C(OCc1cc(F)cc2c1OCOC2)c1cccc(NS(=O)(=O)c2ccccc2)c1. The summed E-state index contributed by atoms with van der Waals surface area (Å²) in [6.45, 7) is 0.0275. The molecule has 1 aliphatic rings. The summed E-state index contributed by atoms with van der Waals surface area (Å²) in [5.41, 5.74) is 1.27. The van der Waals surface area contributed by atoms with Gasteiger partial charge >= 0.3 is 5.97 Å². The molecular formula is C22H18FNO6S. The molecule has 1 aliphatic heterocycles. The summed E-state index contributed by atoms with van der Waals surface area (Å²) >= 11 is 0. The van der Waals surface area contributed by atoms with E-state index in [0.717, 1.165) is 0 Å². The van der Waals surface area contributed by atoms with Gasteiger partial charge in [0, 0.05) is 16.8 Å². The van der Waals surface area contributed by atoms with Gasteiger partial charge in [-0.25, -0.2) is 17.6 Å². The summed E-state index contributed by atoms with van der Waals surface area (Å²) in [6.07, 6.45) is 0. The lowest BCUT2D eigenvalue weighted by atomic mass is 10.1. The first-order valence-electron chi connectivity index (χ1n) is 9.29. The Hall–Kier alpha value is -3.43. The summed E-state index contributed by atoms with van der Waals surface area (Å²) in [5, 5.41) is 0. The number of carbonyl (C=O) groups is 1. The molecule has 0 radical (unpaired) electrons. The molecule has 9 heteroatoms. The third kappa shape index (κ3) is 4.84. The van der Waals surface area contributed by atoms with Crippen LogP contribution in [0.2, 0.25) is 0 Å². The van der Waals surface area contributed by atoms with E-state index >= 15 is 0 Å². The zero-order valence-electron chi connectivity index (χ0n) is 16.2. The number of hydrogen-bond donors (Lipinski definition) is 1. The van der Waals surface area contributed by atoms with Crippen molar-refractivity contribution in [3.63, 3.8) is 0 Å². The van der Waals surface area contributed by atoms with E-state index in [2.05, 4.69) is 4.72 Å². The molecule has 1 heterocycles. The van der Waals surface area contributed by atoms with E-state index in [9.17, 15) is 17.6 Å². The van der Waals surface area contributed by atoms with Gasteiger partial charge in [0.1, 0.15) is 18.2 Å². The van der Waals surface area contributed by atoms with E-state index in [4.69, 9.17) is 14.2 Å². The molecule has 0 fully saturated rings. The average Bonchev–Trinajstić information content (AvgIpc) is 2.77. The smallest absolute Gasteiger partial charge is 0.338 e. The molecule has 3 aromatic rings. The van der Waals surface area contributed by atoms with Gasteiger partial charge in [0.25, 0.3) is 10.0 Å². The third-order valence-electron chi connectivity index (χ3n) is 4.51. The van der Waals surface area contributed by atoms with Gasteiger partial charge in [-0.3, -0.25) is 4.72 Å². The van der Waals surface area contributed by atoms with Gasteiger partial charge in [0.15, 0.2) is 6.79 Å². The molecule has 1 N–H and O–H groups in total. The monoisotopic (exact) mass is 443 g/mol. The van der Waals surface area contributed by atoms with Crippen LogP contribution in [0, 0.1) is 5.82 Å². The van der Waals surface area contributed by atoms with Crippen LogP contribution in [-0.2, 0) is 32.7 Å². The zero-order chi connectivity index (χ0) is 21.8. The summed E-state index contributed by atoms with van der Waals surface area (Å²) in [7, 11) is -3.80. The molecule has 0 bridgehead atoms. The van der Waals surface area contributed by atoms with Crippen molar-refractivity contribution in [2.24, 2.45) is 0 Å². The fourth-order valence-corrected chi connectivity index (χ4v) is 4.18. The maximum atomic E-state index is 13.8. The minimum absolute atomic E-state index is 0.0309. The number of hydrogen-bond acceptors (Lipinski definition) is 6. The number of esters is 1. The van der Waals surface area contributed by atoms with Crippen molar-refractivity contribution in [2.45, 2.75) is 18.1 Å². The normalized spacial score (nSPS) is 13.1. The van der Waals surface area contributed by atoms with Crippen LogP contribution < -0.4 is 9.46 Å². The fourth-order valence-electron chi connectivity index (χ4n) is 3.11. The van der Waals surface area contributed by atoms with Gasteiger partial charge in [-0.15, -0.1) is 0 Å². The van der Waals surface area contributed by atoms with Crippen LogP contribution in [0.25, 0.3) is 0 Å². The quantitative estimate of drug-likeness (QED) is 0.582. The van der Waals surface area contributed by atoms with E-state index < -0.39 is 21.8 Å². The van der Waals surface area contributed by atoms with E-state index in [1.807, 2.05) is 0 Å². The molecule has 0 spiro atoms. The predicted octanol–water partition coefficient (Wildman–Crippen LogP) is 3.85. The molecule has 160 valence electrons. The van der Waals surface area contributed by atoms with E-state index in [-0.39, 0.29) is 36.2 Å². The molecule has 0 saturated carbocycles.